The Bertz CT molecular complexity index is 629. The van der Waals surface area contributed by atoms with E-state index >= 15 is 0 Å². The maximum atomic E-state index is 4.47. The topological polar surface area (TPSA) is 12.4 Å². The molecule has 1 aliphatic carbocycles. The van der Waals surface area contributed by atoms with Crippen LogP contribution >= 0.6 is 0 Å². The summed E-state index contributed by atoms with van der Waals surface area (Å²) in [5.41, 5.74) is 7.01. The molecule has 0 amide bonds. The molecule has 0 heterocycles. The number of rotatable bonds is 7. The minimum Gasteiger partial charge on any atom is -0.269 e. The predicted octanol–water partition coefficient (Wildman–Crippen LogP) is 7.33. The van der Waals surface area contributed by atoms with E-state index in [0.29, 0.717) is 5.92 Å². The highest BCUT2D eigenvalue weighted by atomic mass is 14.7. The zero-order valence-corrected chi connectivity index (χ0v) is 16.6. The molecular formula is C24H35N. The van der Waals surface area contributed by atoms with E-state index in [1.54, 1.807) is 0 Å². The summed E-state index contributed by atoms with van der Waals surface area (Å²) in [5.74, 6) is 1.25. The van der Waals surface area contributed by atoms with Crippen LogP contribution in [0.2, 0.25) is 0 Å². The maximum Gasteiger partial charge on any atom is 0.0299 e. The Morgan fingerprint density at radius 2 is 2.00 bits per heavy atom. The summed E-state index contributed by atoms with van der Waals surface area (Å²) in [5, 5.41) is 0. The monoisotopic (exact) mass is 337 g/mol. The fourth-order valence-electron chi connectivity index (χ4n) is 4.24. The van der Waals surface area contributed by atoms with Crippen molar-refractivity contribution in [3.05, 3.63) is 53.2 Å². The van der Waals surface area contributed by atoms with Crippen LogP contribution in [0.5, 0.6) is 0 Å². The van der Waals surface area contributed by atoms with Crippen molar-refractivity contribution in [2.24, 2.45) is 10.9 Å². The number of nitrogens with zero attached hydrogens (tertiary/aromatic N) is 1. The van der Waals surface area contributed by atoms with E-state index in [0.717, 1.165) is 18.8 Å². The van der Waals surface area contributed by atoms with Gasteiger partial charge in [0.15, 0.2) is 0 Å². The number of aliphatic imine (C=N–C) groups is 1. The van der Waals surface area contributed by atoms with Gasteiger partial charge in [0.05, 0.1) is 0 Å². The van der Waals surface area contributed by atoms with E-state index in [9.17, 15) is 0 Å². The summed E-state index contributed by atoms with van der Waals surface area (Å²) in [7, 11) is 0. The van der Waals surface area contributed by atoms with Crippen LogP contribution in [0.15, 0.2) is 41.5 Å². The highest BCUT2D eigenvalue weighted by molar-refractivity contribution is 5.71. The standard InChI is InChI=1S/C24H35N/c1-6-21-14-11-15-23(24(21)20(5)17-25-7-2)19(4)16-18(3)22-12-9-8-10-13-22/h7,11,14-15,17,19,22H,3,6,8-10,12-13,16H2,1-2,4-5H3/b20-17+,25-7-. The second-order valence-electron chi connectivity index (χ2n) is 7.55. The van der Waals surface area contributed by atoms with E-state index in [-0.39, 0.29) is 0 Å². The maximum absolute atomic E-state index is 4.47. The lowest BCUT2D eigenvalue weighted by atomic mass is 9.78. The minimum absolute atomic E-state index is 0.505. The molecule has 1 nitrogen and oxygen atoms in total. The first kappa shape index (κ1) is 19.7. The third kappa shape index (κ3) is 5.17. The van der Waals surface area contributed by atoms with Gasteiger partial charge in [0.25, 0.3) is 0 Å². The smallest absolute Gasteiger partial charge is 0.0299 e. The van der Waals surface area contributed by atoms with Gasteiger partial charge in [-0.25, -0.2) is 0 Å². The van der Waals surface area contributed by atoms with Crippen LogP contribution < -0.4 is 0 Å². The van der Waals surface area contributed by atoms with Crippen LogP contribution in [0.1, 0.15) is 88.8 Å². The predicted molar refractivity (Wildman–Crippen MR) is 112 cm³/mol. The van der Waals surface area contributed by atoms with Crippen molar-refractivity contribution in [2.45, 2.75) is 78.6 Å². The van der Waals surface area contributed by atoms with Crippen molar-refractivity contribution in [1.29, 1.82) is 0 Å². The first-order chi connectivity index (χ1) is 12.1. The first-order valence-electron chi connectivity index (χ1n) is 10.0. The van der Waals surface area contributed by atoms with E-state index in [2.05, 4.69) is 50.5 Å². The molecule has 0 bridgehead atoms. The summed E-state index contributed by atoms with van der Waals surface area (Å²) in [4.78, 5) is 4.35. The van der Waals surface area contributed by atoms with E-state index in [1.807, 2.05) is 19.3 Å². The van der Waals surface area contributed by atoms with E-state index < -0.39 is 0 Å². The number of benzene rings is 1. The SMILES string of the molecule is C=C(CC(C)c1cccc(CC)c1/C(C)=C/N=C\C)C1CCCCC1. The van der Waals surface area contributed by atoms with Crippen molar-refractivity contribution in [1.82, 2.24) is 0 Å². The summed E-state index contributed by atoms with van der Waals surface area (Å²) >= 11 is 0. The molecule has 1 atom stereocenters. The van der Waals surface area contributed by atoms with Crippen molar-refractivity contribution in [2.75, 3.05) is 0 Å². The van der Waals surface area contributed by atoms with Gasteiger partial charge in [-0.3, -0.25) is 4.99 Å². The molecular weight excluding hydrogens is 302 g/mol. The Morgan fingerprint density at radius 1 is 1.28 bits per heavy atom. The molecule has 1 unspecified atom stereocenters. The van der Waals surface area contributed by atoms with Gasteiger partial charge in [0, 0.05) is 12.4 Å². The zero-order chi connectivity index (χ0) is 18.2. The lowest BCUT2D eigenvalue weighted by molar-refractivity contribution is 0.392. The van der Waals surface area contributed by atoms with Crippen molar-refractivity contribution in [3.8, 4) is 0 Å². The fraction of sp³-hybridized carbons (Fsp3) is 0.542. The summed E-state index contributed by atoms with van der Waals surface area (Å²) in [6, 6.07) is 6.78. The molecule has 1 saturated carbocycles. The van der Waals surface area contributed by atoms with Gasteiger partial charge < -0.3 is 0 Å². The second kappa shape index (κ2) is 9.75. The average Bonchev–Trinajstić information content (AvgIpc) is 2.65. The molecule has 0 radical (unpaired) electrons. The Hall–Kier alpha value is -1.63. The van der Waals surface area contributed by atoms with Gasteiger partial charge >= 0.3 is 0 Å². The molecule has 1 fully saturated rings. The van der Waals surface area contributed by atoms with Crippen molar-refractivity contribution < 1.29 is 0 Å². The summed E-state index contributed by atoms with van der Waals surface area (Å²) in [6.07, 6.45) is 12.9. The quantitative estimate of drug-likeness (QED) is 0.365. The Morgan fingerprint density at radius 3 is 2.64 bits per heavy atom. The van der Waals surface area contributed by atoms with Crippen LogP contribution in [0, 0.1) is 5.92 Å². The Kier molecular flexibility index (Phi) is 7.68. The number of hydrogen-bond donors (Lipinski definition) is 0. The fourth-order valence-corrected chi connectivity index (χ4v) is 4.24. The second-order valence-corrected chi connectivity index (χ2v) is 7.55. The first-order valence-corrected chi connectivity index (χ1v) is 10.0. The molecule has 0 aliphatic heterocycles. The number of aryl methyl sites for hydroxylation is 1. The molecule has 25 heavy (non-hydrogen) atoms. The normalized spacial score (nSPS) is 17.8. The van der Waals surface area contributed by atoms with Gasteiger partial charge in [-0.1, -0.05) is 63.5 Å². The Balaban J connectivity index is 2.26. The molecule has 0 aromatic heterocycles. The van der Waals surface area contributed by atoms with Crippen LogP contribution in [0.3, 0.4) is 0 Å². The molecule has 1 aliphatic rings. The zero-order valence-electron chi connectivity index (χ0n) is 16.6. The van der Waals surface area contributed by atoms with Gasteiger partial charge in [-0.05, 0) is 73.6 Å². The molecule has 0 spiro atoms. The molecule has 1 aromatic rings. The average molecular weight is 338 g/mol. The molecule has 1 aromatic carbocycles. The summed E-state index contributed by atoms with van der Waals surface area (Å²) in [6.45, 7) is 13.2. The third-order valence-electron chi connectivity index (χ3n) is 5.66. The van der Waals surface area contributed by atoms with Crippen molar-refractivity contribution in [3.63, 3.8) is 0 Å². The molecule has 136 valence electrons. The van der Waals surface area contributed by atoms with Crippen LogP contribution in [-0.2, 0) is 6.42 Å². The molecule has 2 rings (SSSR count). The minimum atomic E-state index is 0.505. The van der Waals surface area contributed by atoms with Crippen molar-refractivity contribution >= 4 is 11.8 Å². The van der Waals surface area contributed by atoms with Gasteiger partial charge in [-0.15, -0.1) is 0 Å². The molecule has 0 saturated heterocycles. The number of allylic oxidation sites excluding steroid dienone is 2. The molecule has 1 heteroatoms. The van der Waals surface area contributed by atoms with Crippen LogP contribution in [0.25, 0.3) is 5.57 Å². The third-order valence-corrected chi connectivity index (χ3v) is 5.66. The Labute approximate surface area is 155 Å². The molecule has 0 N–H and O–H groups in total. The van der Waals surface area contributed by atoms with Gasteiger partial charge in [0.1, 0.15) is 0 Å². The van der Waals surface area contributed by atoms with Gasteiger partial charge in [-0.2, -0.15) is 0 Å². The lowest BCUT2D eigenvalue weighted by Crippen LogP contribution is -2.11. The van der Waals surface area contributed by atoms with Gasteiger partial charge in [0.2, 0.25) is 0 Å². The van der Waals surface area contributed by atoms with E-state index in [4.69, 9.17) is 0 Å². The van der Waals surface area contributed by atoms with Crippen LogP contribution in [0.4, 0.5) is 0 Å². The summed E-state index contributed by atoms with van der Waals surface area (Å²) < 4.78 is 0. The largest absolute Gasteiger partial charge is 0.269 e. The number of hydrogen-bond acceptors (Lipinski definition) is 1. The van der Waals surface area contributed by atoms with Crippen LogP contribution in [-0.4, -0.2) is 6.21 Å². The van der Waals surface area contributed by atoms with E-state index in [1.165, 1.54) is 59.9 Å². The highest BCUT2D eigenvalue weighted by Gasteiger charge is 2.20. The highest BCUT2D eigenvalue weighted by Crippen LogP contribution is 2.37. The lowest BCUT2D eigenvalue weighted by Gasteiger charge is -2.27.